The summed E-state index contributed by atoms with van der Waals surface area (Å²) < 4.78 is 1.05. The van der Waals surface area contributed by atoms with Crippen LogP contribution in [0.1, 0.15) is 50.5 Å². The Morgan fingerprint density at radius 3 is 2.67 bits per heavy atom. The second kappa shape index (κ2) is 6.51. The van der Waals surface area contributed by atoms with E-state index in [9.17, 15) is 4.79 Å². The number of rotatable bonds is 2. The minimum Gasteiger partial charge on any atom is -0.326 e. The van der Waals surface area contributed by atoms with E-state index in [0.717, 1.165) is 34.8 Å². The third kappa shape index (κ3) is 3.50. The maximum absolute atomic E-state index is 12.5. The summed E-state index contributed by atoms with van der Waals surface area (Å²) in [4.78, 5) is 12.5. The number of hydrogen-bond donors (Lipinski definition) is 1. The lowest BCUT2D eigenvalue weighted by molar-refractivity contribution is -0.122. The van der Waals surface area contributed by atoms with E-state index in [1.165, 1.54) is 37.7 Å². The van der Waals surface area contributed by atoms with Crippen LogP contribution < -0.4 is 5.32 Å². The highest BCUT2D eigenvalue weighted by Gasteiger charge is 2.34. The minimum absolute atomic E-state index is 0.212. The summed E-state index contributed by atoms with van der Waals surface area (Å²) >= 11 is 3.53. The van der Waals surface area contributed by atoms with Crippen LogP contribution in [0, 0.1) is 24.7 Å². The van der Waals surface area contributed by atoms with Crippen LogP contribution in [0.2, 0.25) is 0 Å². The summed E-state index contributed by atoms with van der Waals surface area (Å²) in [6.07, 6.45) is 8.91. The maximum atomic E-state index is 12.5. The van der Waals surface area contributed by atoms with E-state index < -0.39 is 0 Å². The van der Waals surface area contributed by atoms with E-state index in [0.29, 0.717) is 0 Å². The number of nitrogens with one attached hydrogen (secondary N) is 1. The summed E-state index contributed by atoms with van der Waals surface area (Å²) in [6.45, 7) is 2.06. The zero-order chi connectivity index (χ0) is 14.8. The normalized spacial score (nSPS) is 28.8. The van der Waals surface area contributed by atoms with Gasteiger partial charge in [0, 0.05) is 16.1 Å². The highest BCUT2D eigenvalue weighted by molar-refractivity contribution is 9.10. The first-order valence-electron chi connectivity index (χ1n) is 8.20. The highest BCUT2D eigenvalue weighted by atomic mass is 79.9. The third-order valence-corrected chi connectivity index (χ3v) is 6.20. The van der Waals surface area contributed by atoms with Crippen LogP contribution in [0.5, 0.6) is 0 Å². The lowest BCUT2D eigenvalue weighted by Crippen LogP contribution is -2.33. The van der Waals surface area contributed by atoms with Crippen molar-refractivity contribution in [2.24, 2.45) is 17.8 Å². The second-order valence-corrected chi connectivity index (χ2v) is 7.62. The van der Waals surface area contributed by atoms with Gasteiger partial charge in [-0.1, -0.05) is 47.7 Å². The predicted molar refractivity (Wildman–Crippen MR) is 90.3 cm³/mol. The molecule has 1 aromatic rings. The first kappa shape index (κ1) is 15.1. The number of halogens is 1. The molecule has 2 fully saturated rings. The van der Waals surface area contributed by atoms with Crippen molar-refractivity contribution in [2.75, 3.05) is 5.32 Å². The van der Waals surface area contributed by atoms with E-state index in [4.69, 9.17) is 0 Å². The topological polar surface area (TPSA) is 29.1 Å². The number of amides is 1. The Kier molecular flexibility index (Phi) is 4.68. The molecule has 0 bridgehead atoms. The molecule has 2 nitrogen and oxygen atoms in total. The minimum atomic E-state index is 0.212. The molecule has 3 atom stereocenters. The number of anilines is 1. The number of carbonyl (C=O) groups excluding carboxylic acids is 1. The third-order valence-electron chi connectivity index (χ3n) is 5.35. The van der Waals surface area contributed by atoms with Gasteiger partial charge in [0.1, 0.15) is 0 Å². The van der Waals surface area contributed by atoms with Crippen LogP contribution in [-0.2, 0) is 4.79 Å². The van der Waals surface area contributed by atoms with Gasteiger partial charge >= 0.3 is 0 Å². The number of fused-ring (bicyclic) bond motifs is 1. The van der Waals surface area contributed by atoms with Gasteiger partial charge in [-0.2, -0.15) is 0 Å². The Labute approximate surface area is 135 Å². The molecule has 3 heteroatoms. The Morgan fingerprint density at radius 1 is 1.14 bits per heavy atom. The van der Waals surface area contributed by atoms with Crippen molar-refractivity contribution < 1.29 is 4.79 Å². The number of benzene rings is 1. The Morgan fingerprint density at radius 2 is 1.90 bits per heavy atom. The molecule has 0 aliphatic heterocycles. The predicted octanol–water partition coefficient (Wildman–Crippen LogP) is 5.30. The molecule has 114 valence electrons. The van der Waals surface area contributed by atoms with Crippen LogP contribution in [0.3, 0.4) is 0 Å². The van der Waals surface area contributed by atoms with Crippen LogP contribution in [0.4, 0.5) is 5.69 Å². The Hall–Kier alpha value is -0.830. The lowest BCUT2D eigenvalue weighted by atomic mass is 9.67. The smallest absolute Gasteiger partial charge is 0.227 e. The molecule has 3 unspecified atom stereocenters. The highest BCUT2D eigenvalue weighted by Crippen LogP contribution is 2.42. The zero-order valence-electron chi connectivity index (χ0n) is 12.7. The van der Waals surface area contributed by atoms with Gasteiger partial charge in [0.2, 0.25) is 5.91 Å². The average Bonchev–Trinajstić information content (AvgIpc) is 2.50. The molecule has 2 aliphatic carbocycles. The maximum Gasteiger partial charge on any atom is 0.227 e. The lowest BCUT2D eigenvalue weighted by Gasteiger charge is -2.38. The summed E-state index contributed by atoms with van der Waals surface area (Å²) in [5.41, 5.74) is 2.10. The molecule has 1 amide bonds. The van der Waals surface area contributed by atoms with Crippen LogP contribution in [0.25, 0.3) is 0 Å². The van der Waals surface area contributed by atoms with Crippen LogP contribution in [0.15, 0.2) is 22.7 Å². The molecule has 1 N–H and O–H groups in total. The van der Waals surface area contributed by atoms with Crippen molar-refractivity contribution in [1.29, 1.82) is 0 Å². The summed E-state index contributed by atoms with van der Waals surface area (Å²) in [5, 5.41) is 3.11. The largest absolute Gasteiger partial charge is 0.326 e. The molecule has 0 heterocycles. The van der Waals surface area contributed by atoms with Crippen molar-refractivity contribution in [3.8, 4) is 0 Å². The van der Waals surface area contributed by atoms with Crippen molar-refractivity contribution >= 4 is 27.5 Å². The van der Waals surface area contributed by atoms with Crippen molar-refractivity contribution in [3.63, 3.8) is 0 Å². The molecular formula is C18H24BrNO. The molecule has 2 saturated carbocycles. The van der Waals surface area contributed by atoms with Crippen molar-refractivity contribution in [1.82, 2.24) is 0 Å². The molecule has 0 radical (unpaired) electrons. The molecule has 0 aromatic heterocycles. The number of aryl methyl sites for hydroxylation is 1. The van der Waals surface area contributed by atoms with Gasteiger partial charge in [-0.25, -0.2) is 0 Å². The van der Waals surface area contributed by atoms with E-state index in [1.807, 2.05) is 18.2 Å². The number of hydrogen-bond acceptors (Lipinski definition) is 1. The Balaban J connectivity index is 1.61. The van der Waals surface area contributed by atoms with Gasteiger partial charge in [0.25, 0.3) is 0 Å². The van der Waals surface area contributed by atoms with Crippen LogP contribution in [-0.4, -0.2) is 5.91 Å². The number of carbonyl (C=O) groups is 1. The van der Waals surface area contributed by atoms with Gasteiger partial charge in [0.15, 0.2) is 0 Å². The van der Waals surface area contributed by atoms with Gasteiger partial charge in [-0.05, 0) is 55.7 Å². The van der Waals surface area contributed by atoms with Gasteiger partial charge in [-0.3, -0.25) is 4.79 Å². The van der Waals surface area contributed by atoms with Gasteiger partial charge < -0.3 is 5.32 Å². The average molecular weight is 350 g/mol. The fourth-order valence-corrected chi connectivity index (χ4v) is 4.41. The standard InChI is InChI=1S/C18H24BrNO/c1-12-6-9-16(11-17(12)19)20-18(21)15-8-7-13-4-2-3-5-14(13)10-15/h6,9,11,13-15H,2-5,7-8,10H2,1H3,(H,20,21). The fraction of sp³-hybridized carbons (Fsp3) is 0.611. The monoisotopic (exact) mass is 349 g/mol. The second-order valence-electron chi connectivity index (χ2n) is 6.77. The summed E-state index contributed by atoms with van der Waals surface area (Å²) in [6, 6.07) is 6.03. The van der Waals surface area contributed by atoms with Gasteiger partial charge in [-0.15, -0.1) is 0 Å². The van der Waals surface area contributed by atoms with E-state index >= 15 is 0 Å². The molecule has 3 rings (SSSR count). The van der Waals surface area contributed by atoms with Crippen molar-refractivity contribution in [2.45, 2.75) is 51.9 Å². The zero-order valence-corrected chi connectivity index (χ0v) is 14.3. The van der Waals surface area contributed by atoms with E-state index in [2.05, 4.69) is 28.2 Å². The van der Waals surface area contributed by atoms with Crippen LogP contribution >= 0.6 is 15.9 Å². The fourth-order valence-electron chi connectivity index (χ4n) is 4.03. The SMILES string of the molecule is Cc1ccc(NC(=O)C2CCC3CCCCC3C2)cc1Br. The quantitative estimate of drug-likeness (QED) is 0.770. The molecular weight excluding hydrogens is 326 g/mol. The van der Waals surface area contributed by atoms with Crippen molar-refractivity contribution in [3.05, 3.63) is 28.2 Å². The molecule has 1 aromatic carbocycles. The first-order chi connectivity index (χ1) is 10.1. The molecule has 2 aliphatic rings. The van der Waals surface area contributed by atoms with Gasteiger partial charge in [0.05, 0.1) is 0 Å². The molecule has 0 spiro atoms. The molecule has 21 heavy (non-hydrogen) atoms. The van der Waals surface area contributed by atoms with E-state index in [1.54, 1.807) is 0 Å². The Bertz CT molecular complexity index is 528. The van der Waals surface area contributed by atoms with E-state index in [-0.39, 0.29) is 11.8 Å². The molecule has 0 saturated heterocycles. The summed E-state index contributed by atoms with van der Waals surface area (Å²) in [5.74, 6) is 2.13. The first-order valence-corrected chi connectivity index (χ1v) is 9.00. The summed E-state index contributed by atoms with van der Waals surface area (Å²) in [7, 11) is 0.